The van der Waals surface area contributed by atoms with Gasteiger partial charge in [0, 0.05) is 6.61 Å². The van der Waals surface area contributed by atoms with Crippen molar-refractivity contribution in [2.75, 3.05) is 6.61 Å². The van der Waals surface area contributed by atoms with Crippen LogP contribution in [0.4, 0.5) is 0 Å². The summed E-state index contributed by atoms with van der Waals surface area (Å²) in [5.74, 6) is 13.0. The van der Waals surface area contributed by atoms with Gasteiger partial charge < -0.3 is 5.11 Å². The maximum Gasteiger partial charge on any atom is 0.0710 e. The third-order valence-electron chi connectivity index (χ3n) is 0.910. The predicted molar refractivity (Wildman–Crippen MR) is 49.8 cm³/mol. The van der Waals surface area contributed by atoms with E-state index >= 15 is 0 Å². The molecule has 0 heterocycles. The molecule has 12 heavy (non-hydrogen) atoms. The van der Waals surface area contributed by atoms with E-state index in [1.165, 1.54) is 0 Å². The van der Waals surface area contributed by atoms with Crippen molar-refractivity contribution in [2.45, 2.75) is 12.8 Å². The van der Waals surface area contributed by atoms with Gasteiger partial charge in [-0.3, -0.25) is 0 Å². The highest BCUT2D eigenvalue weighted by molar-refractivity contribution is 5.31. The third-order valence-corrected chi connectivity index (χ3v) is 0.910. The Kier molecular flexibility index (Phi) is 8.11. The lowest BCUT2D eigenvalue weighted by Gasteiger charge is -1.76. The van der Waals surface area contributed by atoms with Crippen LogP contribution in [0.2, 0.25) is 0 Å². The first-order valence-corrected chi connectivity index (χ1v) is 3.59. The zero-order chi connectivity index (χ0) is 9.07. The Balaban J connectivity index is 3.63. The van der Waals surface area contributed by atoms with Gasteiger partial charge in [-0.05, 0) is 24.3 Å². The number of aliphatic hydroxyl groups excluding tert-OH is 1. The van der Waals surface area contributed by atoms with Gasteiger partial charge in [0.05, 0.1) is 6.42 Å². The highest BCUT2D eigenvalue weighted by Gasteiger charge is 1.68. The lowest BCUT2D eigenvalue weighted by atomic mass is 10.4. The van der Waals surface area contributed by atoms with Crippen molar-refractivity contribution in [1.82, 2.24) is 0 Å². The fourth-order valence-corrected chi connectivity index (χ4v) is 0.434. The summed E-state index contributed by atoms with van der Waals surface area (Å²) in [5.41, 5.74) is 0. The Bertz CT molecular complexity index is 283. The molecule has 0 bridgehead atoms. The van der Waals surface area contributed by atoms with Crippen LogP contribution in [0.1, 0.15) is 12.8 Å². The fraction of sp³-hybridized carbons (Fsp3) is 0.273. The van der Waals surface area contributed by atoms with Crippen LogP contribution in [-0.4, -0.2) is 11.7 Å². The van der Waals surface area contributed by atoms with Crippen molar-refractivity contribution in [3.63, 3.8) is 0 Å². The van der Waals surface area contributed by atoms with E-state index in [2.05, 4.69) is 29.6 Å². The van der Waals surface area contributed by atoms with Crippen LogP contribution < -0.4 is 0 Å². The first-order chi connectivity index (χ1) is 5.91. The summed E-state index contributed by atoms with van der Waals surface area (Å²) in [6.07, 6.45) is 9.49. The van der Waals surface area contributed by atoms with E-state index in [9.17, 15) is 0 Å². The predicted octanol–water partition coefficient (Wildman–Crippen LogP) is 0.955. The summed E-state index contributed by atoms with van der Waals surface area (Å²) in [6, 6.07) is 0. The van der Waals surface area contributed by atoms with E-state index < -0.39 is 0 Å². The monoisotopic (exact) mass is 158 g/mol. The van der Waals surface area contributed by atoms with Crippen LogP contribution >= 0.6 is 0 Å². The van der Waals surface area contributed by atoms with Gasteiger partial charge in [-0.2, -0.15) is 0 Å². The van der Waals surface area contributed by atoms with Crippen molar-refractivity contribution in [3.8, 4) is 36.0 Å². The average Bonchev–Trinajstić information content (AvgIpc) is 2.10. The summed E-state index contributed by atoms with van der Waals surface area (Å²) >= 11 is 0. The lowest BCUT2D eigenvalue weighted by molar-refractivity contribution is 0.302. The molecule has 0 aromatic heterocycles. The molecule has 0 amide bonds. The zero-order valence-electron chi connectivity index (χ0n) is 6.80. The molecular weight excluding hydrogens is 148 g/mol. The highest BCUT2D eigenvalue weighted by Crippen LogP contribution is 1.77. The lowest BCUT2D eigenvalue weighted by Crippen LogP contribution is -1.73. The minimum absolute atomic E-state index is 0.154. The SMILES string of the molecule is C#CCC#CC#C/C=C\CCO. The molecule has 0 atom stereocenters. The van der Waals surface area contributed by atoms with Crippen LogP contribution in [0.3, 0.4) is 0 Å². The molecule has 0 rings (SSSR count). The van der Waals surface area contributed by atoms with E-state index in [0.717, 1.165) is 0 Å². The Morgan fingerprint density at radius 3 is 2.83 bits per heavy atom. The van der Waals surface area contributed by atoms with Gasteiger partial charge in [-0.25, -0.2) is 0 Å². The summed E-state index contributed by atoms with van der Waals surface area (Å²) in [4.78, 5) is 0. The second kappa shape index (κ2) is 9.38. The minimum Gasteiger partial charge on any atom is -0.396 e. The number of aliphatic hydroxyl groups is 1. The second-order valence-corrected chi connectivity index (χ2v) is 1.87. The molecule has 0 fully saturated rings. The first kappa shape index (κ1) is 10.4. The van der Waals surface area contributed by atoms with Crippen molar-refractivity contribution >= 4 is 0 Å². The standard InChI is InChI=1S/C11H10O/c1-2-3-4-5-6-7-8-9-10-11-12/h1,8-9,12H,3,10-11H2/b9-8-. The maximum atomic E-state index is 8.39. The Labute approximate surface area is 73.5 Å². The van der Waals surface area contributed by atoms with Crippen molar-refractivity contribution in [1.29, 1.82) is 0 Å². The van der Waals surface area contributed by atoms with E-state index in [4.69, 9.17) is 11.5 Å². The summed E-state index contributed by atoms with van der Waals surface area (Å²) in [7, 11) is 0. The molecule has 0 aromatic rings. The highest BCUT2D eigenvalue weighted by atomic mass is 16.2. The number of allylic oxidation sites excluding steroid dienone is 1. The summed E-state index contributed by atoms with van der Waals surface area (Å²) in [6.45, 7) is 0.154. The average molecular weight is 158 g/mol. The zero-order valence-corrected chi connectivity index (χ0v) is 6.80. The Hall–Kier alpha value is -1.62. The van der Waals surface area contributed by atoms with E-state index in [1.807, 2.05) is 0 Å². The third kappa shape index (κ3) is 8.38. The van der Waals surface area contributed by atoms with Crippen LogP contribution in [0.5, 0.6) is 0 Å². The van der Waals surface area contributed by atoms with Gasteiger partial charge in [-0.1, -0.05) is 23.8 Å². The van der Waals surface area contributed by atoms with Crippen LogP contribution in [0.15, 0.2) is 12.2 Å². The minimum atomic E-state index is 0.154. The second-order valence-electron chi connectivity index (χ2n) is 1.87. The van der Waals surface area contributed by atoms with Gasteiger partial charge in [0.1, 0.15) is 0 Å². The molecule has 60 valence electrons. The van der Waals surface area contributed by atoms with Crippen molar-refractivity contribution in [2.24, 2.45) is 0 Å². The molecule has 0 aromatic carbocycles. The van der Waals surface area contributed by atoms with Crippen LogP contribution in [0.25, 0.3) is 0 Å². The molecule has 0 saturated heterocycles. The molecule has 1 heteroatoms. The van der Waals surface area contributed by atoms with Gasteiger partial charge in [0.2, 0.25) is 0 Å². The van der Waals surface area contributed by atoms with E-state index in [-0.39, 0.29) is 6.61 Å². The van der Waals surface area contributed by atoms with Crippen molar-refractivity contribution < 1.29 is 5.11 Å². The normalized spacial score (nSPS) is 7.67. The Morgan fingerprint density at radius 2 is 2.17 bits per heavy atom. The van der Waals surface area contributed by atoms with Crippen LogP contribution in [0, 0.1) is 36.0 Å². The number of rotatable bonds is 2. The molecule has 0 aliphatic rings. The molecule has 0 spiro atoms. The van der Waals surface area contributed by atoms with Gasteiger partial charge in [-0.15, -0.1) is 6.42 Å². The molecular formula is C11H10O. The van der Waals surface area contributed by atoms with Gasteiger partial charge >= 0.3 is 0 Å². The Morgan fingerprint density at radius 1 is 1.33 bits per heavy atom. The number of terminal acetylenes is 1. The summed E-state index contributed by atoms with van der Waals surface area (Å²) in [5, 5.41) is 8.39. The molecule has 0 aliphatic carbocycles. The quantitative estimate of drug-likeness (QED) is 0.593. The molecule has 0 radical (unpaired) electrons. The largest absolute Gasteiger partial charge is 0.396 e. The molecule has 0 saturated carbocycles. The van der Waals surface area contributed by atoms with Crippen molar-refractivity contribution in [3.05, 3.63) is 12.2 Å². The van der Waals surface area contributed by atoms with E-state index in [1.54, 1.807) is 12.2 Å². The van der Waals surface area contributed by atoms with E-state index in [0.29, 0.717) is 12.8 Å². The molecule has 1 nitrogen and oxygen atoms in total. The summed E-state index contributed by atoms with van der Waals surface area (Å²) < 4.78 is 0. The van der Waals surface area contributed by atoms with Crippen LogP contribution in [-0.2, 0) is 0 Å². The fourth-order valence-electron chi connectivity index (χ4n) is 0.434. The topological polar surface area (TPSA) is 20.2 Å². The molecule has 0 unspecified atom stereocenters. The molecule has 1 N–H and O–H groups in total. The number of hydrogen-bond acceptors (Lipinski definition) is 1. The van der Waals surface area contributed by atoms with Gasteiger partial charge in [0.15, 0.2) is 0 Å². The smallest absolute Gasteiger partial charge is 0.0710 e. The first-order valence-electron chi connectivity index (χ1n) is 3.59. The maximum absolute atomic E-state index is 8.39. The number of hydrogen-bond donors (Lipinski definition) is 1. The van der Waals surface area contributed by atoms with Gasteiger partial charge in [0.25, 0.3) is 0 Å². The molecule has 0 aliphatic heterocycles.